The minimum atomic E-state index is -0.362. The van der Waals surface area contributed by atoms with E-state index in [4.69, 9.17) is 0 Å². The third kappa shape index (κ3) is 2.56. The fourth-order valence-electron chi connectivity index (χ4n) is 2.50. The zero-order chi connectivity index (χ0) is 13.0. The molecule has 0 spiro atoms. The van der Waals surface area contributed by atoms with Crippen LogP contribution in [-0.4, -0.2) is 23.7 Å². The second kappa shape index (κ2) is 5.53. The Morgan fingerprint density at radius 2 is 2.06 bits per heavy atom. The van der Waals surface area contributed by atoms with E-state index in [1.54, 1.807) is 6.92 Å². The van der Waals surface area contributed by atoms with E-state index >= 15 is 0 Å². The summed E-state index contributed by atoms with van der Waals surface area (Å²) in [5.41, 5.74) is 0.797. The summed E-state index contributed by atoms with van der Waals surface area (Å²) >= 11 is 0. The number of carbonyl (C=O) groups is 1. The van der Waals surface area contributed by atoms with E-state index in [1.165, 1.54) is 0 Å². The second-order valence-corrected chi connectivity index (χ2v) is 5.20. The number of aliphatic hydroxyl groups excluding tert-OH is 1. The first-order chi connectivity index (χ1) is 8.65. The van der Waals surface area contributed by atoms with Gasteiger partial charge in [0.1, 0.15) is 0 Å². The number of carbonyl (C=O) groups excluding carboxylic acids is 1. The maximum Gasteiger partial charge on any atom is 0.230 e. The lowest BCUT2D eigenvalue weighted by Crippen LogP contribution is -2.49. The Kier molecular flexibility index (Phi) is 4.02. The number of benzene rings is 1. The van der Waals surface area contributed by atoms with Crippen LogP contribution in [0.3, 0.4) is 0 Å². The molecular formula is C15H21NO2. The summed E-state index contributed by atoms with van der Waals surface area (Å²) < 4.78 is 0. The Hall–Kier alpha value is -1.35. The zero-order valence-corrected chi connectivity index (χ0v) is 10.9. The monoisotopic (exact) mass is 247 g/mol. The molecule has 1 fully saturated rings. The van der Waals surface area contributed by atoms with Gasteiger partial charge >= 0.3 is 0 Å². The van der Waals surface area contributed by atoms with E-state index in [9.17, 15) is 9.90 Å². The Bertz CT molecular complexity index is 396. The van der Waals surface area contributed by atoms with Crippen molar-refractivity contribution in [1.82, 2.24) is 5.32 Å². The lowest BCUT2D eigenvalue weighted by Gasteiger charge is -2.40. The lowest BCUT2D eigenvalue weighted by atomic mass is 9.64. The molecule has 1 saturated carbocycles. The van der Waals surface area contributed by atoms with Crippen LogP contribution in [0.5, 0.6) is 0 Å². The molecule has 1 aromatic carbocycles. The second-order valence-electron chi connectivity index (χ2n) is 5.20. The van der Waals surface area contributed by atoms with Gasteiger partial charge in [0, 0.05) is 6.54 Å². The number of rotatable bonds is 5. The largest absolute Gasteiger partial charge is 0.393 e. The summed E-state index contributed by atoms with van der Waals surface area (Å²) in [6.45, 7) is 2.29. The van der Waals surface area contributed by atoms with Crippen molar-refractivity contribution in [3.8, 4) is 0 Å². The Morgan fingerprint density at radius 3 is 2.56 bits per heavy atom. The lowest BCUT2D eigenvalue weighted by molar-refractivity contribution is -0.130. The van der Waals surface area contributed by atoms with E-state index in [2.05, 4.69) is 5.32 Å². The topological polar surface area (TPSA) is 49.3 Å². The van der Waals surface area contributed by atoms with Crippen molar-refractivity contribution in [3.05, 3.63) is 35.9 Å². The molecule has 2 N–H and O–H groups in total. The van der Waals surface area contributed by atoms with E-state index in [0.29, 0.717) is 13.0 Å². The Labute approximate surface area is 108 Å². The van der Waals surface area contributed by atoms with E-state index in [-0.39, 0.29) is 17.4 Å². The van der Waals surface area contributed by atoms with E-state index < -0.39 is 0 Å². The van der Waals surface area contributed by atoms with Crippen LogP contribution in [-0.2, 0) is 10.2 Å². The first kappa shape index (κ1) is 13.1. The summed E-state index contributed by atoms with van der Waals surface area (Å²) in [6.07, 6.45) is 3.21. The van der Waals surface area contributed by atoms with Crippen molar-refractivity contribution in [3.63, 3.8) is 0 Å². The summed E-state index contributed by atoms with van der Waals surface area (Å²) in [5.74, 6) is 0.112. The molecule has 1 atom stereocenters. The number of hydrogen-bond acceptors (Lipinski definition) is 2. The van der Waals surface area contributed by atoms with Crippen molar-refractivity contribution in [2.24, 2.45) is 0 Å². The predicted octanol–water partition coefficient (Wildman–Crippen LogP) is 2.00. The van der Waals surface area contributed by atoms with Crippen molar-refractivity contribution in [2.45, 2.75) is 44.1 Å². The zero-order valence-electron chi connectivity index (χ0n) is 10.9. The van der Waals surface area contributed by atoms with Gasteiger partial charge in [-0.15, -0.1) is 0 Å². The van der Waals surface area contributed by atoms with Crippen molar-refractivity contribution < 1.29 is 9.90 Å². The van der Waals surface area contributed by atoms with Crippen LogP contribution in [0.25, 0.3) is 0 Å². The van der Waals surface area contributed by atoms with Gasteiger partial charge in [0.05, 0.1) is 11.5 Å². The van der Waals surface area contributed by atoms with Gasteiger partial charge in [-0.1, -0.05) is 36.8 Å². The van der Waals surface area contributed by atoms with Crippen LogP contribution in [0.4, 0.5) is 0 Å². The molecule has 1 aromatic rings. The third-order valence-electron chi connectivity index (χ3n) is 3.82. The van der Waals surface area contributed by atoms with Gasteiger partial charge in [0.2, 0.25) is 5.91 Å². The molecule has 3 nitrogen and oxygen atoms in total. The summed E-state index contributed by atoms with van der Waals surface area (Å²) in [5, 5.41) is 12.2. The van der Waals surface area contributed by atoms with Crippen LogP contribution >= 0.6 is 0 Å². The van der Waals surface area contributed by atoms with Gasteiger partial charge in [-0.3, -0.25) is 4.79 Å². The van der Waals surface area contributed by atoms with Gasteiger partial charge in [-0.05, 0) is 31.7 Å². The van der Waals surface area contributed by atoms with Crippen molar-refractivity contribution in [2.75, 3.05) is 6.54 Å². The highest BCUT2D eigenvalue weighted by Crippen LogP contribution is 2.43. The standard InChI is InChI=1S/C15H21NO2/c1-12(17)8-11-16-14(18)15(9-5-10-15)13-6-3-2-4-7-13/h2-4,6-7,12,17H,5,8-11H2,1H3,(H,16,18). The van der Waals surface area contributed by atoms with Crippen LogP contribution in [0.2, 0.25) is 0 Å². The summed E-state index contributed by atoms with van der Waals surface area (Å²) in [4.78, 5) is 12.3. The fourth-order valence-corrected chi connectivity index (χ4v) is 2.50. The average molecular weight is 247 g/mol. The molecule has 0 heterocycles. The highest BCUT2D eigenvalue weighted by atomic mass is 16.3. The smallest absolute Gasteiger partial charge is 0.230 e. The molecule has 2 rings (SSSR count). The van der Waals surface area contributed by atoms with Gasteiger partial charge in [-0.2, -0.15) is 0 Å². The SMILES string of the molecule is CC(O)CCNC(=O)C1(c2ccccc2)CCC1. The Balaban J connectivity index is 2.02. The molecule has 0 radical (unpaired) electrons. The third-order valence-corrected chi connectivity index (χ3v) is 3.82. The van der Waals surface area contributed by atoms with Crippen LogP contribution in [0, 0.1) is 0 Å². The first-order valence-electron chi connectivity index (χ1n) is 6.67. The average Bonchev–Trinajstić information content (AvgIpc) is 2.28. The molecule has 0 bridgehead atoms. The maximum atomic E-state index is 12.3. The fraction of sp³-hybridized carbons (Fsp3) is 0.533. The van der Waals surface area contributed by atoms with Crippen LogP contribution in [0.15, 0.2) is 30.3 Å². The normalized spacial score (nSPS) is 18.8. The number of hydrogen-bond donors (Lipinski definition) is 2. The summed E-state index contributed by atoms with van der Waals surface area (Å²) in [7, 11) is 0. The highest BCUT2D eigenvalue weighted by molar-refractivity contribution is 5.89. The van der Waals surface area contributed by atoms with Gasteiger partial charge in [0.25, 0.3) is 0 Å². The molecule has 1 aliphatic rings. The minimum absolute atomic E-state index is 0.112. The predicted molar refractivity (Wildman–Crippen MR) is 71.3 cm³/mol. The first-order valence-corrected chi connectivity index (χ1v) is 6.67. The van der Waals surface area contributed by atoms with Crippen LogP contribution in [0.1, 0.15) is 38.2 Å². The summed E-state index contributed by atoms with van der Waals surface area (Å²) in [6, 6.07) is 10.0. The molecular weight excluding hydrogens is 226 g/mol. The molecule has 98 valence electrons. The van der Waals surface area contributed by atoms with Gasteiger partial charge in [-0.25, -0.2) is 0 Å². The minimum Gasteiger partial charge on any atom is -0.393 e. The quantitative estimate of drug-likeness (QED) is 0.836. The number of amides is 1. The molecule has 1 amide bonds. The van der Waals surface area contributed by atoms with Crippen molar-refractivity contribution >= 4 is 5.91 Å². The highest BCUT2D eigenvalue weighted by Gasteiger charge is 2.45. The van der Waals surface area contributed by atoms with Gasteiger partial charge in [0.15, 0.2) is 0 Å². The molecule has 0 aliphatic heterocycles. The molecule has 18 heavy (non-hydrogen) atoms. The molecule has 1 aliphatic carbocycles. The number of aliphatic hydroxyl groups is 1. The van der Waals surface area contributed by atoms with E-state index in [0.717, 1.165) is 24.8 Å². The maximum absolute atomic E-state index is 12.3. The Morgan fingerprint density at radius 1 is 1.39 bits per heavy atom. The van der Waals surface area contributed by atoms with Gasteiger partial charge < -0.3 is 10.4 Å². The van der Waals surface area contributed by atoms with Crippen molar-refractivity contribution in [1.29, 1.82) is 0 Å². The van der Waals surface area contributed by atoms with E-state index in [1.807, 2.05) is 30.3 Å². The number of nitrogens with one attached hydrogen (secondary N) is 1. The molecule has 0 aromatic heterocycles. The molecule has 1 unspecified atom stereocenters. The molecule has 3 heteroatoms. The van der Waals surface area contributed by atoms with Crippen LogP contribution < -0.4 is 5.32 Å². The molecule has 0 saturated heterocycles.